The second-order valence-corrected chi connectivity index (χ2v) is 5.16. The van der Waals surface area contributed by atoms with Gasteiger partial charge >= 0.3 is 6.03 Å². The van der Waals surface area contributed by atoms with Crippen molar-refractivity contribution in [1.29, 1.82) is 0 Å². The SMILES string of the molecule is Cc1ccc(-n2nnnc2CNC(=O)Nc2ccc(F)cc2)cc1. The summed E-state index contributed by atoms with van der Waals surface area (Å²) in [5, 5.41) is 16.8. The van der Waals surface area contributed by atoms with E-state index >= 15 is 0 Å². The molecule has 0 aliphatic carbocycles. The van der Waals surface area contributed by atoms with Crippen LogP contribution < -0.4 is 10.6 Å². The number of tetrazole rings is 1. The molecule has 0 saturated heterocycles. The first-order valence-electron chi connectivity index (χ1n) is 7.26. The van der Waals surface area contributed by atoms with Crippen LogP contribution in [-0.4, -0.2) is 26.2 Å². The fourth-order valence-electron chi connectivity index (χ4n) is 2.07. The molecule has 0 radical (unpaired) electrons. The first-order valence-corrected chi connectivity index (χ1v) is 7.26. The van der Waals surface area contributed by atoms with Crippen molar-refractivity contribution in [3.05, 3.63) is 65.7 Å². The number of benzene rings is 2. The van der Waals surface area contributed by atoms with E-state index in [1.54, 1.807) is 4.68 Å². The summed E-state index contributed by atoms with van der Waals surface area (Å²) < 4.78 is 14.4. The number of hydrogen-bond donors (Lipinski definition) is 2. The third-order valence-electron chi connectivity index (χ3n) is 3.32. The van der Waals surface area contributed by atoms with Crippen molar-refractivity contribution >= 4 is 11.7 Å². The van der Waals surface area contributed by atoms with E-state index in [0.29, 0.717) is 11.5 Å². The highest BCUT2D eigenvalue weighted by Crippen LogP contribution is 2.10. The highest BCUT2D eigenvalue weighted by atomic mass is 19.1. The van der Waals surface area contributed by atoms with Crippen LogP contribution in [0.2, 0.25) is 0 Å². The van der Waals surface area contributed by atoms with Crippen molar-refractivity contribution in [2.45, 2.75) is 13.5 Å². The Morgan fingerprint density at radius 3 is 2.54 bits per heavy atom. The molecule has 3 rings (SSSR count). The molecule has 0 spiro atoms. The highest BCUT2D eigenvalue weighted by molar-refractivity contribution is 5.89. The summed E-state index contributed by atoms with van der Waals surface area (Å²) in [7, 11) is 0. The Bertz CT molecular complexity index is 829. The second-order valence-electron chi connectivity index (χ2n) is 5.16. The van der Waals surface area contributed by atoms with Gasteiger partial charge in [0, 0.05) is 5.69 Å². The minimum atomic E-state index is -0.430. The molecular formula is C16H15FN6O. The van der Waals surface area contributed by atoms with Gasteiger partial charge in [0.2, 0.25) is 0 Å². The number of nitrogens with zero attached hydrogens (tertiary/aromatic N) is 4. The standard InChI is InChI=1S/C16H15FN6O/c1-11-2-8-14(9-3-11)23-15(20-21-22-23)10-18-16(24)19-13-6-4-12(17)5-7-13/h2-9H,10H2,1H3,(H2,18,19,24). The van der Waals surface area contributed by atoms with E-state index in [2.05, 4.69) is 26.2 Å². The van der Waals surface area contributed by atoms with Gasteiger partial charge in [0.15, 0.2) is 5.82 Å². The van der Waals surface area contributed by atoms with Gasteiger partial charge < -0.3 is 10.6 Å². The van der Waals surface area contributed by atoms with Gasteiger partial charge in [-0.3, -0.25) is 0 Å². The smallest absolute Gasteiger partial charge is 0.319 e. The van der Waals surface area contributed by atoms with E-state index in [1.165, 1.54) is 24.3 Å². The van der Waals surface area contributed by atoms with E-state index in [4.69, 9.17) is 0 Å². The molecule has 0 aliphatic rings. The van der Waals surface area contributed by atoms with Crippen molar-refractivity contribution in [2.24, 2.45) is 0 Å². The molecule has 2 N–H and O–H groups in total. The summed E-state index contributed by atoms with van der Waals surface area (Å²) in [5.41, 5.74) is 2.43. The molecule has 0 unspecified atom stereocenters. The minimum Gasteiger partial charge on any atom is -0.330 e. The highest BCUT2D eigenvalue weighted by Gasteiger charge is 2.10. The van der Waals surface area contributed by atoms with Crippen LogP contribution in [0.3, 0.4) is 0 Å². The average molecular weight is 326 g/mol. The molecule has 0 bridgehead atoms. The molecule has 7 nitrogen and oxygen atoms in total. The van der Waals surface area contributed by atoms with Crippen molar-refractivity contribution in [3.63, 3.8) is 0 Å². The molecule has 122 valence electrons. The Labute approximate surface area is 137 Å². The number of aryl methyl sites for hydroxylation is 1. The number of urea groups is 1. The van der Waals surface area contributed by atoms with Crippen LogP contribution in [0.4, 0.5) is 14.9 Å². The zero-order chi connectivity index (χ0) is 16.9. The van der Waals surface area contributed by atoms with Gasteiger partial charge in [0.25, 0.3) is 0 Å². The van der Waals surface area contributed by atoms with Crippen LogP contribution >= 0.6 is 0 Å². The summed E-state index contributed by atoms with van der Waals surface area (Å²) in [4.78, 5) is 11.9. The molecule has 2 amide bonds. The van der Waals surface area contributed by atoms with Gasteiger partial charge in [-0.15, -0.1) is 5.10 Å². The lowest BCUT2D eigenvalue weighted by Crippen LogP contribution is -2.29. The zero-order valence-corrected chi connectivity index (χ0v) is 12.9. The minimum absolute atomic E-state index is 0.147. The molecule has 0 atom stereocenters. The quantitative estimate of drug-likeness (QED) is 0.771. The largest absolute Gasteiger partial charge is 0.330 e. The third kappa shape index (κ3) is 3.72. The Hall–Kier alpha value is -3.29. The van der Waals surface area contributed by atoms with Crippen LogP contribution in [0.1, 0.15) is 11.4 Å². The summed E-state index contributed by atoms with van der Waals surface area (Å²) >= 11 is 0. The Morgan fingerprint density at radius 2 is 1.83 bits per heavy atom. The number of hydrogen-bond acceptors (Lipinski definition) is 4. The maximum atomic E-state index is 12.8. The number of halogens is 1. The molecular weight excluding hydrogens is 311 g/mol. The lowest BCUT2D eigenvalue weighted by molar-refractivity contribution is 0.251. The number of anilines is 1. The Kier molecular flexibility index (Phi) is 4.46. The van der Waals surface area contributed by atoms with Crippen molar-refractivity contribution in [3.8, 4) is 5.69 Å². The third-order valence-corrected chi connectivity index (χ3v) is 3.32. The molecule has 1 heterocycles. The van der Waals surface area contributed by atoms with E-state index in [0.717, 1.165) is 11.3 Å². The molecule has 2 aromatic carbocycles. The van der Waals surface area contributed by atoms with Gasteiger partial charge in [-0.2, -0.15) is 4.68 Å². The Balaban J connectivity index is 1.63. The summed E-state index contributed by atoms with van der Waals surface area (Å²) in [5.74, 6) is 0.131. The van der Waals surface area contributed by atoms with Crippen molar-refractivity contribution < 1.29 is 9.18 Å². The first kappa shape index (κ1) is 15.6. The van der Waals surface area contributed by atoms with Gasteiger partial charge in [-0.05, 0) is 53.7 Å². The van der Waals surface area contributed by atoms with Gasteiger partial charge in [0.05, 0.1) is 12.2 Å². The first-order chi connectivity index (χ1) is 11.6. The maximum absolute atomic E-state index is 12.8. The van der Waals surface area contributed by atoms with Crippen molar-refractivity contribution in [2.75, 3.05) is 5.32 Å². The molecule has 0 aliphatic heterocycles. The summed E-state index contributed by atoms with van der Waals surface area (Å²) in [6, 6.07) is 12.8. The lowest BCUT2D eigenvalue weighted by Gasteiger charge is -2.08. The van der Waals surface area contributed by atoms with Crippen molar-refractivity contribution in [1.82, 2.24) is 25.5 Å². The number of nitrogens with one attached hydrogen (secondary N) is 2. The topological polar surface area (TPSA) is 84.7 Å². The fourth-order valence-corrected chi connectivity index (χ4v) is 2.07. The number of carbonyl (C=O) groups excluding carboxylic acids is 1. The van der Waals surface area contributed by atoms with Crippen LogP contribution in [0.5, 0.6) is 0 Å². The van der Waals surface area contributed by atoms with Crippen LogP contribution in [-0.2, 0) is 6.54 Å². The molecule has 8 heteroatoms. The predicted molar refractivity (Wildman–Crippen MR) is 86.1 cm³/mol. The van der Waals surface area contributed by atoms with Crippen LogP contribution in [0, 0.1) is 12.7 Å². The van der Waals surface area contributed by atoms with Gasteiger partial charge in [-0.25, -0.2) is 9.18 Å². The summed E-state index contributed by atoms with van der Waals surface area (Å²) in [6.07, 6.45) is 0. The monoisotopic (exact) mass is 326 g/mol. The van der Waals surface area contributed by atoms with E-state index < -0.39 is 6.03 Å². The van der Waals surface area contributed by atoms with Crippen LogP contribution in [0.15, 0.2) is 48.5 Å². The fraction of sp³-hybridized carbons (Fsp3) is 0.125. The second kappa shape index (κ2) is 6.86. The van der Waals surface area contributed by atoms with E-state index in [-0.39, 0.29) is 12.4 Å². The van der Waals surface area contributed by atoms with E-state index in [1.807, 2.05) is 31.2 Å². The van der Waals surface area contributed by atoms with E-state index in [9.17, 15) is 9.18 Å². The zero-order valence-electron chi connectivity index (χ0n) is 12.9. The molecule has 0 saturated carbocycles. The maximum Gasteiger partial charge on any atom is 0.319 e. The average Bonchev–Trinajstić information content (AvgIpc) is 3.04. The molecule has 24 heavy (non-hydrogen) atoms. The number of carbonyl (C=O) groups is 1. The number of aromatic nitrogens is 4. The van der Waals surface area contributed by atoms with Gasteiger partial charge in [0.1, 0.15) is 5.82 Å². The number of amides is 2. The van der Waals surface area contributed by atoms with Gasteiger partial charge in [-0.1, -0.05) is 17.7 Å². The Morgan fingerprint density at radius 1 is 1.12 bits per heavy atom. The lowest BCUT2D eigenvalue weighted by atomic mass is 10.2. The molecule has 1 aromatic heterocycles. The molecule has 0 fully saturated rings. The van der Waals surface area contributed by atoms with Crippen LogP contribution in [0.25, 0.3) is 5.69 Å². The summed E-state index contributed by atoms with van der Waals surface area (Å²) in [6.45, 7) is 2.14. The predicted octanol–water partition coefficient (Wildman–Crippen LogP) is 2.43. The normalized spacial score (nSPS) is 10.4. The molecule has 3 aromatic rings. The number of rotatable bonds is 4.